The first-order valence-electron chi connectivity index (χ1n) is 7.06. The van der Waals surface area contributed by atoms with Crippen molar-refractivity contribution in [1.29, 1.82) is 0 Å². The number of hydrogen-bond acceptors (Lipinski definition) is 3. The van der Waals surface area contributed by atoms with Crippen LogP contribution < -0.4 is 10.5 Å². The van der Waals surface area contributed by atoms with Crippen molar-refractivity contribution in [2.24, 2.45) is 11.7 Å². The summed E-state index contributed by atoms with van der Waals surface area (Å²) in [6.07, 6.45) is 2.48. The second-order valence-electron chi connectivity index (χ2n) is 5.16. The zero-order valence-corrected chi connectivity index (χ0v) is 12.3. The van der Waals surface area contributed by atoms with Crippen molar-refractivity contribution in [1.82, 2.24) is 4.90 Å². The van der Waals surface area contributed by atoms with Gasteiger partial charge in [-0.15, -0.1) is 0 Å². The topological polar surface area (TPSA) is 38.5 Å². The molecule has 0 bridgehead atoms. The average Bonchev–Trinajstić information content (AvgIpc) is 2.42. The molecule has 0 spiro atoms. The molecule has 3 nitrogen and oxygen atoms in total. The molecule has 2 rings (SSSR count). The fourth-order valence-corrected chi connectivity index (χ4v) is 2.89. The Kier molecular flexibility index (Phi) is 5.49. The highest BCUT2D eigenvalue weighted by Gasteiger charge is 2.19. The standard InChI is InChI=1S/C15H23ClN2O/c1-2-19-15-6-5-14(16)8-13(15)11-18-7-3-4-12(9-17)10-18/h5-6,8,12H,2-4,7,9-11,17H2,1H3. The molecular formula is C15H23ClN2O. The van der Waals surface area contributed by atoms with Crippen LogP contribution in [0, 0.1) is 5.92 Å². The summed E-state index contributed by atoms with van der Waals surface area (Å²) in [5, 5.41) is 0.769. The molecule has 4 heteroatoms. The summed E-state index contributed by atoms with van der Waals surface area (Å²) < 4.78 is 5.68. The molecule has 106 valence electrons. The summed E-state index contributed by atoms with van der Waals surface area (Å²) in [6, 6.07) is 5.86. The predicted molar refractivity (Wildman–Crippen MR) is 79.7 cm³/mol. The van der Waals surface area contributed by atoms with Gasteiger partial charge in [0, 0.05) is 23.7 Å². The van der Waals surface area contributed by atoms with Crippen LogP contribution in [-0.2, 0) is 6.54 Å². The molecule has 1 heterocycles. The monoisotopic (exact) mass is 282 g/mol. The maximum Gasteiger partial charge on any atom is 0.123 e. The summed E-state index contributed by atoms with van der Waals surface area (Å²) in [7, 11) is 0. The van der Waals surface area contributed by atoms with Gasteiger partial charge in [0.2, 0.25) is 0 Å². The third-order valence-electron chi connectivity index (χ3n) is 3.65. The van der Waals surface area contributed by atoms with Crippen molar-refractivity contribution in [2.75, 3.05) is 26.2 Å². The fraction of sp³-hybridized carbons (Fsp3) is 0.600. The largest absolute Gasteiger partial charge is 0.494 e. The zero-order valence-electron chi connectivity index (χ0n) is 11.6. The fourth-order valence-electron chi connectivity index (χ4n) is 2.70. The van der Waals surface area contributed by atoms with Gasteiger partial charge in [0.25, 0.3) is 0 Å². The predicted octanol–water partition coefficient (Wildman–Crippen LogP) is 2.91. The number of nitrogens with two attached hydrogens (primary N) is 1. The minimum Gasteiger partial charge on any atom is -0.494 e. The number of hydrogen-bond donors (Lipinski definition) is 1. The SMILES string of the molecule is CCOc1ccc(Cl)cc1CN1CCCC(CN)C1. The van der Waals surface area contributed by atoms with Crippen LogP contribution in [0.25, 0.3) is 0 Å². The molecule has 0 aliphatic carbocycles. The molecule has 1 aliphatic rings. The summed E-state index contributed by atoms with van der Waals surface area (Å²) in [4.78, 5) is 2.45. The van der Waals surface area contributed by atoms with Gasteiger partial charge in [-0.25, -0.2) is 0 Å². The normalized spacial score (nSPS) is 20.5. The quantitative estimate of drug-likeness (QED) is 0.902. The lowest BCUT2D eigenvalue weighted by Gasteiger charge is -2.32. The Morgan fingerprint density at radius 1 is 1.47 bits per heavy atom. The van der Waals surface area contributed by atoms with E-state index in [0.717, 1.165) is 37.0 Å². The maximum atomic E-state index is 6.10. The molecule has 1 aromatic rings. The first-order chi connectivity index (χ1) is 9.22. The Morgan fingerprint density at radius 2 is 2.32 bits per heavy atom. The van der Waals surface area contributed by atoms with Gasteiger partial charge in [-0.2, -0.15) is 0 Å². The average molecular weight is 283 g/mol. The summed E-state index contributed by atoms with van der Waals surface area (Å²) in [5.41, 5.74) is 6.96. The van der Waals surface area contributed by atoms with Crippen LogP contribution in [0.3, 0.4) is 0 Å². The van der Waals surface area contributed by atoms with Gasteiger partial charge in [0.15, 0.2) is 0 Å². The number of piperidine rings is 1. The molecule has 0 saturated carbocycles. The van der Waals surface area contributed by atoms with Crippen molar-refractivity contribution < 1.29 is 4.74 Å². The molecule has 0 radical (unpaired) electrons. The van der Waals surface area contributed by atoms with E-state index in [-0.39, 0.29) is 0 Å². The van der Waals surface area contributed by atoms with E-state index in [4.69, 9.17) is 22.1 Å². The van der Waals surface area contributed by atoms with E-state index in [9.17, 15) is 0 Å². The van der Waals surface area contributed by atoms with Gasteiger partial charge >= 0.3 is 0 Å². The lowest BCUT2D eigenvalue weighted by atomic mass is 9.98. The van der Waals surface area contributed by atoms with Gasteiger partial charge in [-0.05, 0) is 57.0 Å². The molecule has 19 heavy (non-hydrogen) atoms. The zero-order chi connectivity index (χ0) is 13.7. The Balaban J connectivity index is 2.06. The molecule has 1 atom stereocenters. The second kappa shape index (κ2) is 7.13. The molecule has 1 aliphatic heterocycles. The lowest BCUT2D eigenvalue weighted by Crippen LogP contribution is -2.37. The molecule has 1 aromatic carbocycles. The van der Waals surface area contributed by atoms with Crippen molar-refractivity contribution in [3.05, 3.63) is 28.8 Å². The number of benzene rings is 1. The van der Waals surface area contributed by atoms with Gasteiger partial charge in [0.1, 0.15) is 5.75 Å². The number of rotatable bonds is 5. The van der Waals surface area contributed by atoms with Crippen LogP contribution >= 0.6 is 11.6 Å². The van der Waals surface area contributed by atoms with Crippen LogP contribution in [-0.4, -0.2) is 31.1 Å². The van der Waals surface area contributed by atoms with Crippen LogP contribution in [0.4, 0.5) is 0 Å². The van der Waals surface area contributed by atoms with E-state index >= 15 is 0 Å². The van der Waals surface area contributed by atoms with Gasteiger partial charge in [-0.1, -0.05) is 11.6 Å². The smallest absolute Gasteiger partial charge is 0.123 e. The number of ether oxygens (including phenoxy) is 1. The highest BCUT2D eigenvalue weighted by atomic mass is 35.5. The van der Waals surface area contributed by atoms with Crippen molar-refractivity contribution in [3.63, 3.8) is 0 Å². The molecule has 1 saturated heterocycles. The van der Waals surface area contributed by atoms with E-state index in [0.29, 0.717) is 12.5 Å². The Labute approximate surface area is 120 Å². The Bertz CT molecular complexity index is 411. The van der Waals surface area contributed by atoms with Crippen molar-refractivity contribution in [2.45, 2.75) is 26.3 Å². The molecule has 1 fully saturated rings. The molecule has 0 aromatic heterocycles. The Morgan fingerprint density at radius 3 is 3.05 bits per heavy atom. The van der Waals surface area contributed by atoms with E-state index in [2.05, 4.69) is 4.90 Å². The second-order valence-corrected chi connectivity index (χ2v) is 5.60. The minimum absolute atomic E-state index is 0.628. The Hall–Kier alpha value is -0.770. The number of halogens is 1. The third-order valence-corrected chi connectivity index (χ3v) is 3.89. The summed E-state index contributed by atoms with van der Waals surface area (Å²) >= 11 is 6.10. The lowest BCUT2D eigenvalue weighted by molar-refractivity contribution is 0.169. The van der Waals surface area contributed by atoms with Crippen LogP contribution in [0.15, 0.2) is 18.2 Å². The maximum absolute atomic E-state index is 6.10. The van der Waals surface area contributed by atoms with E-state index in [1.165, 1.54) is 18.4 Å². The molecule has 1 unspecified atom stereocenters. The van der Waals surface area contributed by atoms with Crippen LogP contribution in [0.2, 0.25) is 5.02 Å². The van der Waals surface area contributed by atoms with E-state index in [1.54, 1.807) is 0 Å². The first-order valence-corrected chi connectivity index (χ1v) is 7.44. The summed E-state index contributed by atoms with van der Waals surface area (Å²) in [6.45, 7) is 6.57. The van der Waals surface area contributed by atoms with Crippen molar-refractivity contribution in [3.8, 4) is 5.75 Å². The third kappa shape index (κ3) is 4.10. The van der Waals surface area contributed by atoms with Crippen molar-refractivity contribution >= 4 is 11.6 Å². The summed E-state index contributed by atoms with van der Waals surface area (Å²) in [5.74, 6) is 1.57. The van der Waals surface area contributed by atoms with Gasteiger partial charge < -0.3 is 10.5 Å². The molecule has 2 N–H and O–H groups in total. The highest BCUT2D eigenvalue weighted by Crippen LogP contribution is 2.26. The molecule has 0 amide bonds. The number of likely N-dealkylation sites (tertiary alicyclic amines) is 1. The molecular weight excluding hydrogens is 260 g/mol. The van der Waals surface area contributed by atoms with Crippen LogP contribution in [0.5, 0.6) is 5.75 Å². The van der Waals surface area contributed by atoms with Gasteiger partial charge in [-0.3, -0.25) is 4.90 Å². The van der Waals surface area contributed by atoms with E-state index in [1.807, 2.05) is 25.1 Å². The van der Waals surface area contributed by atoms with E-state index < -0.39 is 0 Å². The minimum atomic E-state index is 0.628. The first kappa shape index (κ1) is 14.6. The highest BCUT2D eigenvalue weighted by molar-refractivity contribution is 6.30. The van der Waals surface area contributed by atoms with Crippen LogP contribution in [0.1, 0.15) is 25.3 Å². The van der Waals surface area contributed by atoms with Gasteiger partial charge in [0.05, 0.1) is 6.61 Å². The number of nitrogens with zero attached hydrogens (tertiary/aromatic N) is 1.